The maximum atomic E-state index is 11.6. The Bertz CT molecular complexity index is 390. The highest BCUT2D eigenvalue weighted by atomic mass is 32.2. The molecule has 2 rings (SSSR count). The number of hydrogen-bond donors (Lipinski definition) is 2. The molecule has 0 amide bonds. The molecule has 2 atom stereocenters. The van der Waals surface area contributed by atoms with E-state index in [-0.39, 0.29) is 11.5 Å². The highest BCUT2D eigenvalue weighted by Crippen LogP contribution is 2.37. The molecule has 1 spiro atoms. The second-order valence-corrected chi connectivity index (χ2v) is 8.02. The number of nitrogens with one attached hydrogen (secondary N) is 1. The van der Waals surface area contributed by atoms with E-state index in [4.69, 9.17) is 5.11 Å². The molecular formula is C9H15NO4S2. The van der Waals surface area contributed by atoms with Crippen LogP contribution in [0.2, 0.25) is 0 Å². The summed E-state index contributed by atoms with van der Waals surface area (Å²) in [5.41, 5.74) is 0. The summed E-state index contributed by atoms with van der Waals surface area (Å²) in [5, 5.41) is 12.0. The maximum absolute atomic E-state index is 11.6. The highest BCUT2D eigenvalue weighted by molar-refractivity contribution is 8.02. The van der Waals surface area contributed by atoms with E-state index in [1.807, 2.05) is 0 Å². The number of sulfone groups is 1. The zero-order valence-corrected chi connectivity index (χ0v) is 10.4. The molecule has 16 heavy (non-hydrogen) atoms. The Labute approximate surface area is 98.9 Å². The first-order valence-corrected chi connectivity index (χ1v) is 8.08. The lowest BCUT2D eigenvalue weighted by Crippen LogP contribution is -2.59. The molecule has 2 N–H and O–H groups in total. The standard InChI is InChI=1S/C9H15NO4S2/c11-8(12)7-2-4-15-9(10-7)3-1-5-16(13,14)6-9/h7,10H,1-6H2,(H,11,12). The molecule has 0 aliphatic carbocycles. The third kappa shape index (κ3) is 2.52. The van der Waals surface area contributed by atoms with E-state index in [9.17, 15) is 13.2 Å². The topological polar surface area (TPSA) is 83.5 Å². The summed E-state index contributed by atoms with van der Waals surface area (Å²) in [6.07, 6.45) is 1.91. The summed E-state index contributed by atoms with van der Waals surface area (Å²) >= 11 is 1.56. The fourth-order valence-electron chi connectivity index (χ4n) is 2.29. The van der Waals surface area contributed by atoms with Gasteiger partial charge in [-0.2, -0.15) is 0 Å². The number of carbonyl (C=O) groups is 1. The van der Waals surface area contributed by atoms with E-state index in [1.54, 1.807) is 11.8 Å². The van der Waals surface area contributed by atoms with Gasteiger partial charge in [-0.25, -0.2) is 8.42 Å². The zero-order chi connectivity index (χ0) is 11.8. The van der Waals surface area contributed by atoms with Crippen LogP contribution >= 0.6 is 11.8 Å². The Balaban J connectivity index is 2.15. The Kier molecular flexibility index (Phi) is 3.20. The van der Waals surface area contributed by atoms with Crippen molar-refractivity contribution in [3.05, 3.63) is 0 Å². The molecule has 0 aromatic heterocycles. The lowest BCUT2D eigenvalue weighted by atomic mass is 10.1. The lowest BCUT2D eigenvalue weighted by molar-refractivity contribution is -0.140. The molecule has 0 saturated carbocycles. The summed E-state index contributed by atoms with van der Waals surface area (Å²) in [7, 11) is -3.02. The van der Waals surface area contributed by atoms with Gasteiger partial charge in [0.05, 0.1) is 16.4 Å². The number of aliphatic carboxylic acids is 1. The smallest absolute Gasteiger partial charge is 0.320 e. The predicted molar refractivity (Wildman–Crippen MR) is 62.3 cm³/mol. The molecule has 2 saturated heterocycles. The number of carboxylic acid groups (broad SMARTS) is 1. The van der Waals surface area contributed by atoms with E-state index in [0.717, 1.165) is 6.42 Å². The first-order valence-electron chi connectivity index (χ1n) is 5.27. The molecule has 0 aromatic rings. The van der Waals surface area contributed by atoms with Crippen LogP contribution in [0.3, 0.4) is 0 Å². The van der Waals surface area contributed by atoms with Crippen molar-refractivity contribution in [1.29, 1.82) is 0 Å². The fourth-order valence-corrected chi connectivity index (χ4v) is 6.09. The summed E-state index contributed by atoms with van der Waals surface area (Å²) in [4.78, 5) is 10.4. The SMILES string of the molecule is O=C(O)C1CCSC2(CCCS(=O)(=O)C2)N1. The molecule has 2 unspecified atom stereocenters. The van der Waals surface area contributed by atoms with Gasteiger partial charge < -0.3 is 5.11 Å². The van der Waals surface area contributed by atoms with Crippen molar-refractivity contribution in [2.75, 3.05) is 17.3 Å². The van der Waals surface area contributed by atoms with Gasteiger partial charge in [-0.05, 0) is 25.0 Å². The molecule has 0 aromatic carbocycles. The summed E-state index contributed by atoms with van der Waals surface area (Å²) in [5.74, 6) is 0.116. The molecule has 0 radical (unpaired) electrons. The molecule has 0 bridgehead atoms. The summed E-state index contributed by atoms with van der Waals surface area (Å²) < 4.78 is 23.2. The Hall–Kier alpha value is -0.270. The van der Waals surface area contributed by atoms with Gasteiger partial charge in [0.1, 0.15) is 6.04 Å². The van der Waals surface area contributed by atoms with Crippen LogP contribution in [0, 0.1) is 0 Å². The molecule has 2 aliphatic heterocycles. The van der Waals surface area contributed by atoms with Crippen molar-refractivity contribution < 1.29 is 18.3 Å². The second kappa shape index (κ2) is 4.19. The van der Waals surface area contributed by atoms with Crippen LogP contribution in [0.25, 0.3) is 0 Å². The van der Waals surface area contributed by atoms with E-state index >= 15 is 0 Å². The van der Waals surface area contributed by atoms with Gasteiger partial charge in [0.25, 0.3) is 0 Å². The van der Waals surface area contributed by atoms with E-state index in [1.165, 1.54) is 0 Å². The van der Waals surface area contributed by atoms with Gasteiger partial charge in [0.15, 0.2) is 9.84 Å². The van der Waals surface area contributed by atoms with Crippen molar-refractivity contribution in [3.63, 3.8) is 0 Å². The second-order valence-electron chi connectivity index (χ2n) is 4.36. The average molecular weight is 265 g/mol. The van der Waals surface area contributed by atoms with Crippen molar-refractivity contribution in [2.24, 2.45) is 0 Å². The molecule has 2 aliphatic rings. The predicted octanol–water partition coefficient (Wildman–Crippen LogP) is 0.0710. The number of hydrogen-bond acceptors (Lipinski definition) is 5. The van der Waals surface area contributed by atoms with Crippen LogP contribution in [0.4, 0.5) is 0 Å². The Morgan fingerprint density at radius 3 is 2.88 bits per heavy atom. The van der Waals surface area contributed by atoms with Crippen LogP contribution in [0.5, 0.6) is 0 Å². The Morgan fingerprint density at radius 1 is 1.50 bits per heavy atom. The van der Waals surface area contributed by atoms with E-state index in [0.29, 0.717) is 18.6 Å². The third-order valence-electron chi connectivity index (χ3n) is 3.01. The molecule has 2 heterocycles. The zero-order valence-electron chi connectivity index (χ0n) is 8.81. The van der Waals surface area contributed by atoms with Gasteiger partial charge in [-0.1, -0.05) is 0 Å². The first-order chi connectivity index (χ1) is 7.43. The minimum absolute atomic E-state index is 0.0639. The molecule has 2 fully saturated rings. The van der Waals surface area contributed by atoms with Crippen LogP contribution in [0.1, 0.15) is 19.3 Å². The largest absolute Gasteiger partial charge is 0.480 e. The van der Waals surface area contributed by atoms with Crippen molar-refractivity contribution in [1.82, 2.24) is 5.32 Å². The van der Waals surface area contributed by atoms with Crippen LogP contribution in [0.15, 0.2) is 0 Å². The quantitative estimate of drug-likeness (QED) is 0.698. The monoisotopic (exact) mass is 265 g/mol. The molecule has 7 heteroatoms. The van der Waals surface area contributed by atoms with Crippen molar-refractivity contribution in [2.45, 2.75) is 30.2 Å². The normalized spacial score (nSPS) is 38.4. The molecular weight excluding hydrogens is 250 g/mol. The number of carboxylic acids is 1. The van der Waals surface area contributed by atoms with Gasteiger partial charge in [0, 0.05) is 0 Å². The van der Waals surface area contributed by atoms with Gasteiger partial charge >= 0.3 is 5.97 Å². The lowest BCUT2D eigenvalue weighted by Gasteiger charge is -2.42. The number of rotatable bonds is 1. The van der Waals surface area contributed by atoms with Crippen LogP contribution in [-0.4, -0.2) is 47.7 Å². The average Bonchev–Trinajstić information content (AvgIpc) is 2.15. The number of thioether (sulfide) groups is 1. The van der Waals surface area contributed by atoms with Crippen molar-refractivity contribution in [3.8, 4) is 0 Å². The summed E-state index contributed by atoms with van der Waals surface area (Å²) in [6.45, 7) is 0. The Morgan fingerprint density at radius 2 is 2.25 bits per heavy atom. The minimum atomic E-state index is -3.02. The fraction of sp³-hybridized carbons (Fsp3) is 0.889. The maximum Gasteiger partial charge on any atom is 0.320 e. The third-order valence-corrected chi connectivity index (χ3v) is 6.49. The molecule has 5 nitrogen and oxygen atoms in total. The van der Waals surface area contributed by atoms with Crippen molar-refractivity contribution >= 4 is 27.6 Å². The first kappa shape index (κ1) is 12.2. The highest BCUT2D eigenvalue weighted by Gasteiger charge is 2.44. The molecule has 92 valence electrons. The van der Waals surface area contributed by atoms with E-state index in [2.05, 4.69) is 5.32 Å². The van der Waals surface area contributed by atoms with Crippen LogP contribution < -0.4 is 5.32 Å². The minimum Gasteiger partial charge on any atom is -0.480 e. The van der Waals surface area contributed by atoms with E-state index < -0.39 is 26.7 Å². The van der Waals surface area contributed by atoms with Gasteiger partial charge in [0.2, 0.25) is 0 Å². The van der Waals surface area contributed by atoms with Gasteiger partial charge in [-0.3, -0.25) is 10.1 Å². The summed E-state index contributed by atoms with van der Waals surface area (Å²) in [6, 6.07) is -0.602. The van der Waals surface area contributed by atoms with Crippen LogP contribution in [-0.2, 0) is 14.6 Å². The van der Waals surface area contributed by atoms with Gasteiger partial charge in [-0.15, -0.1) is 11.8 Å².